The molecular formula is C17H30BNO8. The van der Waals surface area contributed by atoms with E-state index < -0.39 is 31.4 Å². The summed E-state index contributed by atoms with van der Waals surface area (Å²) in [5.74, 6) is -1.11. The quantitative estimate of drug-likeness (QED) is 0.448. The molecule has 1 aliphatic heterocycles. The third kappa shape index (κ3) is 8.62. The first-order valence-corrected chi connectivity index (χ1v) is 9.53. The summed E-state index contributed by atoms with van der Waals surface area (Å²) in [6.07, 6.45) is 1.27. The molecule has 1 aliphatic rings. The number of hydrogen-bond donors (Lipinski definition) is 1. The lowest BCUT2D eigenvalue weighted by Crippen LogP contribution is -2.48. The van der Waals surface area contributed by atoms with Crippen molar-refractivity contribution in [1.82, 2.24) is 5.32 Å². The van der Waals surface area contributed by atoms with Gasteiger partial charge in [0.25, 0.3) is 0 Å². The Morgan fingerprint density at radius 2 is 1.63 bits per heavy atom. The molecule has 1 N–H and O–H groups in total. The van der Waals surface area contributed by atoms with E-state index in [1.54, 1.807) is 13.8 Å². The molecule has 0 aromatic heterocycles. The Bertz CT molecular complexity index is 478. The molecule has 0 bridgehead atoms. The molecule has 1 heterocycles. The van der Waals surface area contributed by atoms with Crippen molar-refractivity contribution >= 4 is 25.4 Å². The van der Waals surface area contributed by atoms with Gasteiger partial charge in [0.2, 0.25) is 0 Å². The van der Waals surface area contributed by atoms with Crippen LogP contribution in [0.2, 0.25) is 0 Å². The van der Waals surface area contributed by atoms with E-state index in [0.717, 1.165) is 19.3 Å². The molecule has 3 unspecified atom stereocenters. The van der Waals surface area contributed by atoms with Crippen LogP contribution < -0.4 is 5.32 Å². The molecule has 0 aliphatic carbocycles. The summed E-state index contributed by atoms with van der Waals surface area (Å²) < 4.78 is 26.0. The van der Waals surface area contributed by atoms with Crippen LogP contribution in [0.1, 0.15) is 59.8 Å². The highest BCUT2D eigenvalue weighted by Gasteiger charge is 2.39. The van der Waals surface area contributed by atoms with E-state index in [-0.39, 0.29) is 38.3 Å². The van der Waals surface area contributed by atoms with Gasteiger partial charge < -0.3 is 28.8 Å². The van der Waals surface area contributed by atoms with Crippen molar-refractivity contribution in [2.75, 3.05) is 13.2 Å². The molecular weight excluding hydrogens is 357 g/mol. The number of hydrogen-bond acceptors (Lipinski definition) is 8. The van der Waals surface area contributed by atoms with Crippen molar-refractivity contribution in [3.05, 3.63) is 0 Å². The highest BCUT2D eigenvalue weighted by atomic mass is 16.8. The zero-order valence-corrected chi connectivity index (χ0v) is 16.5. The summed E-state index contributed by atoms with van der Waals surface area (Å²) in [5, 5.41) is 2.41. The van der Waals surface area contributed by atoms with Crippen LogP contribution in [0.4, 0.5) is 4.79 Å². The smallest absolute Gasteiger partial charge is 0.468 e. The second kappa shape index (κ2) is 12.6. The first-order chi connectivity index (χ1) is 12.9. The summed E-state index contributed by atoms with van der Waals surface area (Å²) in [6, 6.07) is -1.03. The van der Waals surface area contributed by atoms with E-state index in [4.69, 9.17) is 23.4 Å². The molecule has 0 radical (unpaired) electrons. The van der Waals surface area contributed by atoms with Crippen molar-refractivity contribution in [3.8, 4) is 0 Å². The zero-order chi connectivity index (χ0) is 20.2. The first kappa shape index (κ1) is 23.2. The molecule has 0 aromatic rings. The lowest BCUT2D eigenvalue weighted by Gasteiger charge is -2.31. The predicted molar refractivity (Wildman–Crippen MR) is 96.6 cm³/mol. The van der Waals surface area contributed by atoms with Crippen molar-refractivity contribution in [2.24, 2.45) is 0 Å². The standard InChI is InChI=1S/C17H30BNO8/c1-5-12-11-13(6-2)26-18(25-12)27-17(22)19-14(16(21)24-8-4)9-10-15(20)23-7-3/h12-14H,5-11H2,1-4H3,(H,19,22). The second-order valence-electron chi connectivity index (χ2n) is 6.06. The Labute approximate surface area is 160 Å². The third-order valence-electron chi connectivity index (χ3n) is 4.05. The fourth-order valence-corrected chi connectivity index (χ4v) is 2.58. The molecule has 1 saturated heterocycles. The monoisotopic (exact) mass is 387 g/mol. The highest BCUT2D eigenvalue weighted by Crippen LogP contribution is 2.21. The average Bonchev–Trinajstić information content (AvgIpc) is 2.64. The van der Waals surface area contributed by atoms with Crippen molar-refractivity contribution in [3.63, 3.8) is 0 Å². The summed E-state index contributed by atoms with van der Waals surface area (Å²) >= 11 is 0. The fourth-order valence-electron chi connectivity index (χ4n) is 2.58. The van der Waals surface area contributed by atoms with Crippen LogP contribution in [0.15, 0.2) is 0 Å². The Hall–Kier alpha value is -1.81. The minimum absolute atomic E-state index is 0.0360. The molecule has 154 valence electrons. The minimum atomic E-state index is -1.14. The van der Waals surface area contributed by atoms with E-state index in [9.17, 15) is 14.4 Å². The number of rotatable bonds is 10. The lowest BCUT2D eigenvalue weighted by molar-refractivity contribution is -0.147. The number of ether oxygens (including phenoxy) is 2. The van der Waals surface area contributed by atoms with E-state index in [0.29, 0.717) is 0 Å². The van der Waals surface area contributed by atoms with Gasteiger partial charge >= 0.3 is 25.4 Å². The topological polar surface area (TPSA) is 109 Å². The summed E-state index contributed by atoms with van der Waals surface area (Å²) in [7, 11) is -1.14. The van der Waals surface area contributed by atoms with Gasteiger partial charge in [0, 0.05) is 18.6 Å². The van der Waals surface area contributed by atoms with Gasteiger partial charge in [-0.3, -0.25) is 4.79 Å². The Kier molecular flexibility index (Phi) is 10.8. The zero-order valence-electron chi connectivity index (χ0n) is 16.5. The molecule has 0 aromatic carbocycles. The largest absolute Gasteiger partial charge is 0.716 e. The lowest BCUT2D eigenvalue weighted by atomic mass is 10.0. The maximum atomic E-state index is 12.2. The summed E-state index contributed by atoms with van der Waals surface area (Å²) in [6.45, 7) is 7.69. The Balaban J connectivity index is 2.60. The number of nitrogens with one attached hydrogen (secondary N) is 1. The van der Waals surface area contributed by atoms with Crippen molar-refractivity contribution in [2.45, 2.75) is 78.0 Å². The maximum absolute atomic E-state index is 12.2. The van der Waals surface area contributed by atoms with Crippen LogP contribution in [0.25, 0.3) is 0 Å². The van der Waals surface area contributed by atoms with Gasteiger partial charge in [-0.05, 0) is 39.5 Å². The first-order valence-electron chi connectivity index (χ1n) is 9.53. The van der Waals surface area contributed by atoms with Crippen LogP contribution in [0.3, 0.4) is 0 Å². The van der Waals surface area contributed by atoms with Gasteiger partial charge in [0.1, 0.15) is 6.04 Å². The van der Waals surface area contributed by atoms with Crippen LogP contribution in [-0.4, -0.2) is 56.8 Å². The Morgan fingerprint density at radius 1 is 1.04 bits per heavy atom. The fraction of sp³-hybridized carbons (Fsp3) is 0.824. The number of carbonyl (C=O) groups excluding carboxylic acids is 3. The van der Waals surface area contributed by atoms with Gasteiger partial charge in [-0.2, -0.15) is 0 Å². The van der Waals surface area contributed by atoms with Crippen LogP contribution >= 0.6 is 0 Å². The van der Waals surface area contributed by atoms with E-state index in [1.807, 2.05) is 13.8 Å². The Morgan fingerprint density at radius 3 is 2.15 bits per heavy atom. The molecule has 3 atom stereocenters. The molecule has 0 saturated carbocycles. The van der Waals surface area contributed by atoms with Crippen LogP contribution in [-0.2, 0) is 33.0 Å². The van der Waals surface area contributed by atoms with Gasteiger partial charge in [-0.25, -0.2) is 9.59 Å². The van der Waals surface area contributed by atoms with Crippen molar-refractivity contribution < 1.29 is 37.8 Å². The number of carbonyl (C=O) groups is 3. The van der Waals surface area contributed by atoms with Gasteiger partial charge in [0.15, 0.2) is 0 Å². The van der Waals surface area contributed by atoms with E-state index >= 15 is 0 Å². The molecule has 1 rings (SSSR count). The van der Waals surface area contributed by atoms with Crippen molar-refractivity contribution in [1.29, 1.82) is 0 Å². The van der Waals surface area contributed by atoms with E-state index in [2.05, 4.69) is 5.32 Å². The highest BCUT2D eigenvalue weighted by molar-refractivity contribution is 6.39. The molecule has 1 amide bonds. The predicted octanol–water partition coefficient (Wildman–Crippen LogP) is 1.97. The third-order valence-corrected chi connectivity index (χ3v) is 4.05. The molecule has 0 spiro atoms. The average molecular weight is 387 g/mol. The van der Waals surface area contributed by atoms with E-state index in [1.165, 1.54) is 0 Å². The molecule has 10 heteroatoms. The minimum Gasteiger partial charge on any atom is -0.468 e. The van der Waals surface area contributed by atoms with Crippen LogP contribution in [0.5, 0.6) is 0 Å². The summed E-state index contributed by atoms with van der Waals surface area (Å²) in [4.78, 5) is 35.7. The second-order valence-corrected chi connectivity index (χ2v) is 6.06. The molecule has 27 heavy (non-hydrogen) atoms. The maximum Gasteiger partial charge on any atom is 0.716 e. The van der Waals surface area contributed by atoms with Gasteiger partial charge in [-0.15, -0.1) is 0 Å². The molecule has 1 fully saturated rings. The normalized spacial score (nSPS) is 20.5. The van der Waals surface area contributed by atoms with Gasteiger partial charge in [-0.1, -0.05) is 13.8 Å². The van der Waals surface area contributed by atoms with Crippen LogP contribution in [0, 0.1) is 0 Å². The number of amides is 1. The number of esters is 2. The van der Waals surface area contributed by atoms with Gasteiger partial charge in [0.05, 0.1) is 13.2 Å². The molecule has 9 nitrogen and oxygen atoms in total. The SMILES string of the molecule is CCOC(=O)CCC(NC(=O)OB1OC(CC)CC(CC)O1)C(=O)OCC. The summed E-state index contributed by atoms with van der Waals surface area (Å²) in [5.41, 5.74) is 0.